The molecule has 9 nitrogen and oxygen atoms in total. The van der Waals surface area contributed by atoms with Crippen molar-refractivity contribution in [2.45, 2.75) is 47.1 Å². The molecule has 1 atom stereocenters. The van der Waals surface area contributed by atoms with Gasteiger partial charge in [0.15, 0.2) is 17.3 Å². The third kappa shape index (κ3) is 5.70. The van der Waals surface area contributed by atoms with E-state index < -0.39 is 17.7 Å². The first-order valence-electron chi connectivity index (χ1n) is 13.8. The number of aryl methyl sites for hydroxylation is 2. The minimum absolute atomic E-state index is 0.0174. The van der Waals surface area contributed by atoms with E-state index in [9.17, 15) is 14.7 Å². The van der Waals surface area contributed by atoms with Crippen LogP contribution < -0.4 is 9.47 Å². The summed E-state index contributed by atoms with van der Waals surface area (Å²) in [6.45, 7) is 11.8. The fourth-order valence-electron chi connectivity index (χ4n) is 4.93. The van der Waals surface area contributed by atoms with Crippen LogP contribution in [-0.2, 0) is 9.59 Å². The number of Topliss-reactive ketones (excluding diaryl/α,β-unsaturated/α-hetero) is 1. The number of hydrogen-bond donors (Lipinski definition) is 1. The number of ketones is 1. The van der Waals surface area contributed by atoms with Crippen molar-refractivity contribution in [1.82, 2.24) is 19.2 Å². The third-order valence-electron chi connectivity index (χ3n) is 7.17. The molecule has 0 saturated carbocycles. The summed E-state index contributed by atoms with van der Waals surface area (Å²) in [7, 11) is 3.81. The first-order valence-corrected chi connectivity index (χ1v) is 13.8. The summed E-state index contributed by atoms with van der Waals surface area (Å²) in [4.78, 5) is 35.0. The predicted octanol–water partition coefficient (Wildman–Crippen LogP) is 4.76. The fraction of sp³-hybridized carbons (Fsp3) is 0.452. The number of likely N-dealkylation sites (N-methyl/N-ethyl adjacent to an activating group) is 1. The molecule has 4 rings (SSSR count). The first-order chi connectivity index (χ1) is 19.0. The van der Waals surface area contributed by atoms with Gasteiger partial charge in [0.05, 0.1) is 30.5 Å². The Kier molecular flexibility index (Phi) is 8.83. The van der Waals surface area contributed by atoms with Crippen molar-refractivity contribution in [2.24, 2.45) is 5.92 Å². The zero-order valence-electron chi connectivity index (χ0n) is 24.5. The number of rotatable bonds is 11. The van der Waals surface area contributed by atoms with Gasteiger partial charge in [0, 0.05) is 19.3 Å². The SMILES string of the molecule is CCOc1cc(C2C(=C(O)c3nc4c(C)cccn4c3C)C(=O)C(=O)N2CCN(C)C)ccc1OCCC(C)C. The van der Waals surface area contributed by atoms with Gasteiger partial charge < -0.3 is 28.8 Å². The average Bonchev–Trinajstić information content (AvgIpc) is 3.37. The zero-order chi connectivity index (χ0) is 29.1. The predicted molar refractivity (Wildman–Crippen MR) is 155 cm³/mol. The number of carbonyl (C=O) groups is 2. The Balaban J connectivity index is 1.86. The Morgan fingerprint density at radius 2 is 1.88 bits per heavy atom. The van der Waals surface area contributed by atoms with E-state index >= 15 is 0 Å². The highest BCUT2D eigenvalue weighted by Crippen LogP contribution is 2.42. The Morgan fingerprint density at radius 1 is 1.12 bits per heavy atom. The lowest BCUT2D eigenvalue weighted by molar-refractivity contribution is -0.140. The molecule has 2 aromatic heterocycles. The van der Waals surface area contributed by atoms with Crippen molar-refractivity contribution in [1.29, 1.82) is 0 Å². The second kappa shape index (κ2) is 12.1. The van der Waals surface area contributed by atoms with Crippen LogP contribution in [0.5, 0.6) is 11.5 Å². The lowest BCUT2D eigenvalue weighted by atomic mass is 9.96. The fourth-order valence-corrected chi connectivity index (χ4v) is 4.93. The van der Waals surface area contributed by atoms with Crippen LogP contribution in [0.15, 0.2) is 42.1 Å². The molecule has 1 aliphatic heterocycles. The van der Waals surface area contributed by atoms with Gasteiger partial charge in [-0.05, 0) is 76.5 Å². The number of aliphatic hydroxyl groups is 1. The molecule has 0 radical (unpaired) electrons. The number of imidazole rings is 1. The van der Waals surface area contributed by atoms with Crippen molar-refractivity contribution in [3.05, 3.63) is 64.6 Å². The Bertz CT molecular complexity index is 1440. The number of nitrogens with zero attached hydrogens (tertiary/aromatic N) is 4. The summed E-state index contributed by atoms with van der Waals surface area (Å²) in [5.74, 6) is -0.0415. The zero-order valence-corrected chi connectivity index (χ0v) is 24.5. The first kappa shape index (κ1) is 29.1. The molecule has 40 heavy (non-hydrogen) atoms. The molecule has 1 amide bonds. The van der Waals surface area contributed by atoms with Crippen molar-refractivity contribution in [3.63, 3.8) is 0 Å². The number of amides is 1. The summed E-state index contributed by atoms with van der Waals surface area (Å²) in [5, 5.41) is 11.6. The van der Waals surface area contributed by atoms with Crippen LogP contribution in [-0.4, -0.2) is 76.4 Å². The van der Waals surface area contributed by atoms with Gasteiger partial charge in [0.2, 0.25) is 0 Å². The molecule has 1 unspecified atom stereocenters. The second-order valence-electron chi connectivity index (χ2n) is 10.9. The molecule has 1 aromatic carbocycles. The number of aliphatic hydroxyl groups excluding tert-OH is 1. The molecule has 9 heteroatoms. The van der Waals surface area contributed by atoms with Crippen LogP contribution in [0, 0.1) is 19.8 Å². The number of pyridine rings is 1. The molecular formula is C31H40N4O5. The third-order valence-corrected chi connectivity index (χ3v) is 7.17. The van der Waals surface area contributed by atoms with Gasteiger partial charge >= 0.3 is 0 Å². The number of ether oxygens (including phenoxy) is 2. The Hall–Kier alpha value is -3.85. The van der Waals surface area contributed by atoms with E-state index in [1.54, 1.807) is 6.07 Å². The molecule has 0 spiro atoms. The maximum atomic E-state index is 13.5. The van der Waals surface area contributed by atoms with Gasteiger partial charge in [0.1, 0.15) is 11.3 Å². The maximum Gasteiger partial charge on any atom is 0.295 e. The van der Waals surface area contributed by atoms with Gasteiger partial charge in [-0.25, -0.2) is 4.98 Å². The van der Waals surface area contributed by atoms with Crippen LogP contribution in [0.25, 0.3) is 11.4 Å². The van der Waals surface area contributed by atoms with E-state index in [0.29, 0.717) is 60.6 Å². The van der Waals surface area contributed by atoms with E-state index in [2.05, 4.69) is 18.8 Å². The summed E-state index contributed by atoms with van der Waals surface area (Å²) in [6.07, 6.45) is 2.76. The summed E-state index contributed by atoms with van der Waals surface area (Å²) >= 11 is 0. The number of fused-ring (bicyclic) bond motifs is 1. The average molecular weight is 549 g/mol. The van der Waals surface area contributed by atoms with Gasteiger partial charge in [-0.15, -0.1) is 0 Å². The monoisotopic (exact) mass is 548 g/mol. The Labute approximate surface area is 236 Å². The smallest absolute Gasteiger partial charge is 0.295 e. The van der Waals surface area contributed by atoms with E-state index in [0.717, 1.165) is 12.0 Å². The number of aromatic nitrogens is 2. The summed E-state index contributed by atoms with van der Waals surface area (Å²) in [6, 6.07) is 8.48. The van der Waals surface area contributed by atoms with Crippen LogP contribution in [0.4, 0.5) is 0 Å². The molecular weight excluding hydrogens is 508 g/mol. The standard InChI is InChI=1S/C31H40N4O5/c1-8-39-24-18-22(11-12-23(24)40-17-13-19(2)3)27-25(29(37)31(38)35(27)16-15-33(6)7)28(36)26-21(5)34-14-9-10-20(4)30(34)32-26/h9-12,14,18-19,27,36H,8,13,15-17H2,1-7H3. The van der Waals surface area contributed by atoms with Gasteiger partial charge in [-0.3, -0.25) is 9.59 Å². The highest BCUT2D eigenvalue weighted by molar-refractivity contribution is 6.46. The molecule has 0 bridgehead atoms. The largest absolute Gasteiger partial charge is 0.505 e. The van der Waals surface area contributed by atoms with E-state index in [1.165, 1.54) is 4.90 Å². The van der Waals surface area contributed by atoms with Crippen LogP contribution in [0.2, 0.25) is 0 Å². The number of carbonyl (C=O) groups excluding carboxylic acids is 2. The van der Waals surface area contributed by atoms with Crippen molar-refractivity contribution in [3.8, 4) is 11.5 Å². The molecule has 3 heterocycles. The summed E-state index contributed by atoms with van der Waals surface area (Å²) < 4.78 is 13.8. The van der Waals surface area contributed by atoms with Crippen LogP contribution >= 0.6 is 0 Å². The molecule has 1 N–H and O–H groups in total. The van der Waals surface area contributed by atoms with Crippen molar-refractivity contribution >= 4 is 23.1 Å². The van der Waals surface area contributed by atoms with Crippen LogP contribution in [0.3, 0.4) is 0 Å². The van der Waals surface area contributed by atoms with Crippen molar-refractivity contribution < 1.29 is 24.2 Å². The quantitative estimate of drug-likeness (QED) is 0.210. The van der Waals surface area contributed by atoms with Gasteiger partial charge in [-0.1, -0.05) is 26.0 Å². The lowest BCUT2D eigenvalue weighted by Gasteiger charge is -2.27. The van der Waals surface area contributed by atoms with E-state index in [-0.39, 0.29) is 17.0 Å². The molecule has 1 saturated heterocycles. The maximum absolute atomic E-state index is 13.5. The second-order valence-corrected chi connectivity index (χ2v) is 10.9. The molecule has 1 fully saturated rings. The topological polar surface area (TPSA) is 96.6 Å². The van der Waals surface area contributed by atoms with Crippen molar-refractivity contribution in [2.75, 3.05) is 40.4 Å². The van der Waals surface area contributed by atoms with Gasteiger partial charge in [0.25, 0.3) is 11.7 Å². The molecule has 1 aliphatic rings. The number of hydrogen-bond acceptors (Lipinski definition) is 7. The highest BCUT2D eigenvalue weighted by Gasteiger charge is 2.46. The normalized spacial score (nSPS) is 17.0. The number of likely N-dealkylation sites (tertiary alicyclic amines) is 1. The minimum Gasteiger partial charge on any atom is -0.505 e. The Morgan fingerprint density at radius 3 is 2.52 bits per heavy atom. The van der Waals surface area contributed by atoms with Crippen LogP contribution in [0.1, 0.15) is 55.7 Å². The van der Waals surface area contributed by atoms with E-state index in [1.807, 2.05) is 74.6 Å². The molecule has 3 aromatic rings. The number of benzene rings is 1. The highest BCUT2D eigenvalue weighted by atomic mass is 16.5. The van der Waals surface area contributed by atoms with E-state index in [4.69, 9.17) is 9.47 Å². The minimum atomic E-state index is -0.811. The molecule has 0 aliphatic carbocycles. The lowest BCUT2D eigenvalue weighted by Crippen LogP contribution is -2.35. The summed E-state index contributed by atoms with van der Waals surface area (Å²) in [5.41, 5.74) is 3.24. The molecule has 214 valence electrons. The van der Waals surface area contributed by atoms with Gasteiger partial charge in [-0.2, -0.15) is 0 Å².